The summed E-state index contributed by atoms with van der Waals surface area (Å²) in [5.74, 6) is 1.47. The summed E-state index contributed by atoms with van der Waals surface area (Å²) >= 11 is 5.03. The average molecular weight is 247 g/mol. The van der Waals surface area contributed by atoms with Crippen LogP contribution in [-0.4, -0.2) is 10.2 Å². The molecule has 2 atom stereocenters. The Morgan fingerprint density at radius 3 is 2.75 bits per heavy atom. The molecule has 2 rings (SSSR count). The Hall–Kier alpha value is 0.0400. The fourth-order valence-electron chi connectivity index (χ4n) is 1.88. The topological polar surface area (TPSA) is 25.8 Å². The lowest BCUT2D eigenvalue weighted by molar-refractivity contribution is 0.527. The summed E-state index contributed by atoms with van der Waals surface area (Å²) in [6, 6.07) is 0. The smallest absolute Gasteiger partial charge is 0.142 e. The van der Waals surface area contributed by atoms with Crippen molar-refractivity contribution in [3.63, 3.8) is 0 Å². The first kappa shape index (κ1) is 8.63. The van der Waals surface area contributed by atoms with E-state index in [1.165, 1.54) is 24.3 Å². The number of aromatic nitrogens is 2. The van der Waals surface area contributed by atoms with Gasteiger partial charge in [0.2, 0.25) is 0 Å². The van der Waals surface area contributed by atoms with Gasteiger partial charge in [-0.1, -0.05) is 31.1 Å². The van der Waals surface area contributed by atoms with E-state index in [1.54, 1.807) is 11.3 Å². The zero-order valence-electron chi connectivity index (χ0n) is 6.96. The van der Waals surface area contributed by atoms with E-state index < -0.39 is 0 Å². The van der Waals surface area contributed by atoms with Crippen LogP contribution in [0.2, 0.25) is 0 Å². The Labute approximate surface area is 84.5 Å². The standard InChI is InChI=1S/C8H11BrN2S/c1-5-3-2-4-6(5)7-10-11-8(9)12-7/h5-6H,2-4H2,1H3. The SMILES string of the molecule is CC1CCCC1c1nnc(Br)s1. The van der Waals surface area contributed by atoms with Gasteiger partial charge in [0.15, 0.2) is 3.92 Å². The van der Waals surface area contributed by atoms with Gasteiger partial charge >= 0.3 is 0 Å². The first-order valence-electron chi connectivity index (χ1n) is 4.26. The quantitative estimate of drug-likeness (QED) is 0.761. The van der Waals surface area contributed by atoms with E-state index in [0.29, 0.717) is 5.92 Å². The van der Waals surface area contributed by atoms with Gasteiger partial charge < -0.3 is 0 Å². The molecule has 2 unspecified atom stereocenters. The van der Waals surface area contributed by atoms with Crippen molar-refractivity contribution in [2.45, 2.75) is 32.1 Å². The van der Waals surface area contributed by atoms with Crippen molar-refractivity contribution >= 4 is 27.3 Å². The fraction of sp³-hybridized carbons (Fsp3) is 0.750. The number of hydrogen-bond donors (Lipinski definition) is 0. The van der Waals surface area contributed by atoms with Crippen molar-refractivity contribution < 1.29 is 0 Å². The van der Waals surface area contributed by atoms with Crippen LogP contribution in [0.5, 0.6) is 0 Å². The van der Waals surface area contributed by atoms with Crippen LogP contribution in [0.25, 0.3) is 0 Å². The molecule has 0 bridgehead atoms. The van der Waals surface area contributed by atoms with Crippen LogP contribution in [0.4, 0.5) is 0 Å². The molecule has 0 saturated heterocycles. The molecular weight excluding hydrogens is 236 g/mol. The minimum Gasteiger partial charge on any atom is -0.142 e. The molecule has 0 aliphatic heterocycles. The monoisotopic (exact) mass is 246 g/mol. The minimum atomic E-state index is 0.675. The third-order valence-electron chi connectivity index (χ3n) is 2.59. The molecule has 1 fully saturated rings. The zero-order chi connectivity index (χ0) is 8.55. The van der Waals surface area contributed by atoms with Crippen LogP contribution in [0.15, 0.2) is 3.92 Å². The molecule has 1 aliphatic carbocycles. The van der Waals surface area contributed by atoms with Gasteiger partial charge in [0.25, 0.3) is 0 Å². The van der Waals surface area contributed by atoms with E-state index in [1.807, 2.05) is 0 Å². The molecule has 66 valence electrons. The predicted octanol–water partition coefficient (Wildman–Crippen LogP) is 3.20. The van der Waals surface area contributed by atoms with E-state index >= 15 is 0 Å². The van der Waals surface area contributed by atoms with Crippen molar-refractivity contribution in [1.82, 2.24) is 10.2 Å². The molecule has 1 aromatic heterocycles. The predicted molar refractivity (Wildman–Crippen MR) is 53.4 cm³/mol. The van der Waals surface area contributed by atoms with Crippen LogP contribution >= 0.6 is 27.3 Å². The van der Waals surface area contributed by atoms with Crippen molar-refractivity contribution in [1.29, 1.82) is 0 Å². The second-order valence-electron chi connectivity index (χ2n) is 3.41. The molecule has 1 saturated carbocycles. The number of nitrogens with zero attached hydrogens (tertiary/aromatic N) is 2. The maximum Gasteiger partial charge on any atom is 0.183 e. The van der Waals surface area contributed by atoms with E-state index in [0.717, 1.165) is 9.83 Å². The molecule has 1 aromatic rings. The molecule has 1 heterocycles. The average Bonchev–Trinajstić information content (AvgIpc) is 2.58. The van der Waals surface area contributed by atoms with Crippen LogP contribution in [0, 0.1) is 5.92 Å². The summed E-state index contributed by atoms with van der Waals surface area (Å²) < 4.78 is 0.914. The van der Waals surface area contributed by atoms with Gasteiger partial charge in [-0.15, -0.1) is 10.2 Å². The number of halogens is 1. The highest BCUT2D eigenvalue weighted by Gasteiger charge is 2.27. The Bertz CT molecular complexity index is 274. The van der Waals surface area contributed by atoms with Crippen LogP contribution in [0.3, 0.4) is 0 Å². The van der Waals surface area contributed by atoms with Crippen molar-refractivity contribution in [2.75, 3.05) is 0 Å². The highest BCUT2D eigenvalue weighted by atomic mass is 79.9. The summed E-state index contributed by atoms with van der Waals surface area (Å²) in [5.41, 5.74) is 0. The third-order valence-corrected chi connectivity index (χ3v) is 4.08. The Kier molecular flexibility index (Phi) is 2.46. The Morgan fingerprint density at radius 2 is 2.25 bits per heavy atom. The molecule has 12 heavy (non-hydrogen) atoms. The Balaban J connectivity index is 2.19. The van der Waals surface area contributed by atoms with Gasteiger partial charge in [0.05, 0.1) is 0 Å². The molecule has 4 heteroatoms. The zero-order valence-corrected chi connectivity index (χ0v) is 9.36. The minimum absolute atomic E-state index is 0.675. The summed E-state index contributed by atoms with van der Waals surface area (Å²) in [5, 5.41) is 9.37. The maximum atomic E-state index is 4.17. The molecule has 1 aliphatic rings. The summed E-state index contributed by atoms with van der Waals surface area (Å²) in [6.45, 7) is 2.31. The second kappa shape index (κ2) is 3.42. The molecule has 0 radical (unpaired) electrons. The highest BCUT2D eigenvalue weighted by molar-refractivity contribution is 9.11. The molecule has 0 spiro atoms. The third kappa shape index (κ3) is 1.55. The fourth-order valence-corrected chi connectivity index (χ4v) is 3.29. The summed E-state index contributed by atoms with van der Waals surface area (Å²) in [4.78, 5) is 0. The van der Waals surface area contributed by atoms with Gasteiger partial charge in [0, 0.05) is 5.92 Å². The highest BCUT2D eigenvalue weighted by Crippen LogP contribution is 2.40. The van der Waals surface area contributed by atoms with Crippen molar-refractivity contribution in [3.05, 3.63) is 8.92 Å². The van der Waals surface area contributed by atoms with Crippen LogP contribution in [0.1, 0.15) is 37.1 Å². The Morgan fingerprint density at radius 1 is 1.42 bits per heavy atom. The maximum absolute atomic E-state index is 4.17. The van der Waals surface area contributed by atoms with Crippen LogP contribution < -0.4 is 0 Å². The molecular formula is C8H11BrN2S. The van der Waals surface area contributed by atoms with Crippen molar-refractivity contribution in [3.8, 4) is 0 Å². The van der Waals surface area contributed by atoms with Gasteiger partial charge in [-0.25, -0.2) is 0 Å². The van der Waals surface area contributed by atoms with Gasteiger partial charge in [-0.3, -0.25) is 0 Å². The van der Waals surface area contributed by atoms with E-state index in [-0.39, 0.29) is 0 Å². The summed E-state index contributed by atoms with van der Waals surface area (Å²) in [7, 11) is 0. The van der Waals surface area contributed by atoms with Gasteiger partial charge in [0.1, 0.15) is 5.01 Å². The van der Waals surface area contributed by atoms with Gasteiger partial charge in [-0.05, 0) is 28.3 Å². The first-order chi connectivity index (χ1) is 5.77. The van der Waals surface area contributed by atoms with Gasteiger partial charge in [-0.2, -0.15) is 0 Å². The largest absolute Gasteiger partial charge is 0.183 e. The van der Waals surface area contributed by atoms with Crippen molar-refractivity contribution in [2.24, 2.45) is 5.92 Å². The lowest BCUT2D eigenvalue weighted by Gasteiger charge is -2.09. The molecule has 0 amide bonds. The van der Waals surface area contributed by atoms with E-state index in [2.05, 4.69) is 33.1 Å². The molecule has 2 nitrogen and oxygen atoms in total. The molecule has 0 aromatic carbocycles. The molecule has 0 N–H and O–H groups in total. The summed E-state index contributed by atoms with van der Waals surface area (Å²) in [6.07, 6.45) is 3.99. The second-order valence-corrected chi connectivity index (χ2v) is 5.69. The number of hydrogen-bond acceptors (Lipinski definition) is 3. The lowest BCUT2D eigenvalue weighted by atomic mass is 9.99. The van der Waals surface area contributed by atoms with Crippen LogP contribution in [-0.2, 0) is 0 Å². The lowest BCUT2D eigenvalue weighted by Crippen LogP contribution is -2.00. The van der Waals surface area contributed by atoms with E-state index in [4.69, 9.17) is 0 Å². The first-order valence-corrected chi connectivity index (χ1v) is 5.87. The number of rotatable bonds is 1. The normalized spacial score (nSPS) is 29.5. The van der Waals surface area contributed by atoms with E-state index in [9.17, 15) is 0 Å².